The van der Waals surface area contributed by atoms with E-state index in [2.05, 4.69) is 25.9 Å². The summed E-state index contributed by atoms with van der Waals surface area (Å²) in [5.74, 6) is 2.04. The van der Waals surface area contributed by atoms with Crippen molar-refractivity contribution in [1.82, 2.24) is 9.97 Å². The minimum atomic E-state index is -0.586. The van der Waals surface area contributed by atoms with Gasteiger partial charge in [0.25, 0.3) is 0 Å². The van der Waals surface area contributed by atoms with Crippen LogP contribution in [0.4, 0.5) is 5.82 Å². The van der Waals surface area contributed by atoms with Gasteiger partial charge in [0.15, 0.2) is 5.69 Å². The molecule has 0 amide bonds. The Hall–Kier alpha value is -2.13. The molecule has 0 aliphatic carbocycles. The van der Waals surface area contributed by atoms with Crippen LogP contribution >= 0.6 is 0 Å². The lowest BCUT2D eigenvalue weighted by Crippen LogP contribution is -2.22. The number of nitrogens with zero attached hydrogens (tertiary/aromatic N) is 2. The van der Waals surface area contributed by atoms with Crippen LogP contribution in [0.1, 0.15) is 10.5 Å². The van der Waals surface area contributed by atoms with Crippen molar-refractivity contribution < 1.29 is 14.6 Å². The largest absolute Gasteiger partial charge is 0.464 e. The van der Waals surface area contributed by atoms with Crippen LogP contribution in [-0.2, 0) is 4.74 Å². The van der Waals surface area contributed by atoms with E-state index in [1.54, 1.807) is 0 Å². The number of ether oxygens (including phenoxy) is 1. The number of nitrogens with one attached hydrogen (secondary N) is 1. The maximum Gasteiger partial charge on any atom is 0.358 e. The second-order valence-electron chi connectivity index (χ2n) is 2.83. The molecule has 1 aromatic rings. The van der Waals surface area contributed by atoms with Gasteiger partial charge < -0.3 is 15.2 Å². The van der Waals surface area contributed by atoms with Crippen LogP contribution in [0.2, 0.25) is 0 Å². The molecule has 6 nitrogen and oxygen atoms in total. The fraction of sp³-hybridized carbons (Fsp3) is 0.300. The topological polar surface area (TPSA) is 84.3 Å². The molecule has 0 fully saturated rings. The second-order valence-corrected chi connectivity index (χ2v) is 2.83. The Morgan fingerprint density at radius 1 is 1.75 bits per heavy atom. The van der Waals surface area contributed by atoms with E-state index < -0.39 is 12.0 Å². The molecule has 1 aromatic heterocycles. The molecular weight excluding hydrogens is 210 g/mol. The van der Waals surface area contributed by atoms with Crippen molar-refractivity contribution in [2.24, 2.45) is 0 Å². The van der Waals surface area contributed by atoms with Crippen LogP contribution < -0.4 is 5.32 Å². The van der Waals surface area contributed by atoms with Gasteiger partial charge in [-0.25, -0.2) is 9.78 Å². The van der Waals surface area contributed by atoms with E-state index in [1.807, 2.05) is 0 Å². The highest BCUT2D eigenvalue weighted by Gasteiger charge is 2.10. The first kappa shape index (κ1) is 11.9. The quantitative estimate of drug-likeness (QED) is 0.535. The highest BCUT2D eigenvalue weighted by atomic mass is 16.5. The minimum Gasteiger partial charge on any atom is -0.464 e. The third-order valence-corrected chi connectivity index (χ3v) is 1.73. The summed E-state index contributed by atoms with van der Waals surface area (Å²) in [4.78, 5) is 18.9. The molecule has 0 spiro atoms. The maximum absolute atomic E-state index is 11.1. The average molecular weight is 221 g/mol. The molecule has 0 aromatic carbocycles. The van der Waals surface area contributed by atoms with Crippen LogP contribution in [0, 0.1) is 12.3 Å². The minimum absolute atomic E-state index is 0.0706. The van der Waals surface area contributed by atoms with Crippen LogP contribution in [0.15, 0.2) is 12.4 Å². The van der Waals surface area contributed by atoms with Crippen molar-refractivity contribution in [3.05, 3.63) is 18.1 Å². The van der Waals surface area contributed by atoms with E-state index >= 15 is 0 Å². The van der Waals surface area contributed by atoms with Gasteiger partial charge in [-0.15, -0.1) is 6.42 Å². The summed E-state index contributed by atoms with van der Waals surface area (Å²) in [7, 11) is 1.25. The lowest BCUT2D eigenvalue weighted by Gasteiger charge is -2.10. The summed E-state index contributed by atoms with van der Waals surface area (Å²) in [5, 5.41) is 11.6. The predicted octanol–water partition coefficient (Wildman–Crippen LogP) is -0.331. The first-order valence-electron chi connectivity index (χ1n) is 4.45. The molecule has 1 heterocycles. The lowest BCUT2D eigenvalue weighted by atomic mass is 10.3. The Labute approximate surface area is 92.7 Å². The summed E-state index contributed by atoms with van der Waals surface area (Å²) in [5.41, 5.74) is 0.0706. The monoisotopic (exact) mass is 221 g/mol. The molecule has 0 aliphatic heterocycles. The molecule has 1 unspecified atom stereocenters. The molecule has 1 rings (SSSR count). The van der Waals surface area contributed by atoms with E-state index in [-0.39, 0.29) is 12.3 Å². The zero-order chi connectivity index (χ0) is 12.0. The van der Waals surface area contributed by atoms with Crippen LogP contribution in [-0.4, -0.2) is 40.8 Å². The third-order valence-electron chi connectivity index (χ3n) is 1.73. The smallest absolute Gasteiger partial charge is 0.358 e. The first-order chi connectivity index (χ1) is 7.71. The van der Waals surface area contributed by atoms with Gasteiger partial charge in [0, 0.05) is 0 Å². The number of rotatable bonds is 4. The van der Waals surface area contributed by atoms with Crippen molar-refractivity contribution in [3.63, 3.8) is 0 Å². The molecule has 0 saturated carbocycles. The molecule has 0 saturated heterocycles. The molecule has 1 atom stereocenters. The Bertz CT molecular complexity index is 414. The summed E-state index contributed by atoms with van der Waals surface area (Å²) < 4.78 is 4.49. The summed E-state index contributed by atoms with van der Waals surface area (Å²) >= 11 is 0. The number of esters is 1. The number of methoxy groups -OCH3 is 1. The van der Waals surface area contributed by atoms with Gasteiger partial charge in [-0.2, -0.15) is 0 Å². The van der Waals surface area contributed by atoms with E-state index in [0.717, 1.165) is 0 Å². The molecule has 16 heavy (non-hydrogen) atoms. The molecule has 84 valence electrons. The molecule has 0 radical (unpaired) electrons. The number of aromatic nitrogens is 2. The summed E-state index contributed by atoms with van der Waals surface area (Å²) in [6.07, 6.45) is 7.82. The van der Waals surface area contributed by atoms with Crippen molar-refractivity contribution >= 4 is 11.8 Å². The zero-order valence-electron chi connectivity index (χ0n) is 8.67. The normalized spacial score (nSPS) is 11.3. The van der Waals surface area contributed by atoms with Gasteiger partial charge in [0.05, 0.1) is 26.1 Å². The van der Waals surface area contributed by atoms with Crippen molar-refractivity contribution in [2.45, 2.75) is 6.04 Å². The fourth-order valence-electron chi connectivity index (χ4n) is 0.957. The van der Waals surface area contributed by atoms with Gasteiger partial charge in [0.1, 0.15) is 11.9 Å². The first-order valence-corrected chi connectivity index (χ1v) is 4.45. The van der Waals surface area contributed by atoms with Crippen LogP contribution in [0.5, 0.6) is 0 Å². The maximum atomic E-state index is 11.1. The number of terminal acetylenes is 1. The van der Waals surface area contributed by atoms with E-state index in [0.29, 0.717) is 5.82 Å². The second kappa shape index (κ2) is 5.68. The summed E-state index contributed by atoms with van der Waals surface area (Å²) in [6.45, 7) is -0.235. The Morgan fingerprint density at radius 2 is 2.50 bits per heavy atom. The van der Waals surface area contributed by atoms with Gasteiger partial charge in [-0.1, -0.05) is 5.92 Å². The van der Waals surface area contributed by atoms with E-state index in [4.69, 9.17) is 11.5 Å². The molecule has 0 aliphatic rings. The highest BCUT2D eigenvalue weighted by molar-refractivity contribution is 5.87. The van der Waals surface area contributed by atoms with Crippen molar-refractivity contribution in [3.8, 4) is 12.3 Å². The number of hydrogen-bond acceptors (Lipinski definition) is 6. The number of carbonyl (C=O) groups is 1. The predicted molar refractivity (Wildman–Crippen MR) is 56.7 cm³/mol. The molecular formula is C10H11N3O3. The molecule has 2 N–H and O–H groups in total. The SMILES string of the molecule is C#CC(CO)Nc1cncc(C(=O)OC)n1. The Morgan fingerprint density at radius 3 is 3.06 bits per heavy atom. The van der Waals surface area contributed by atoms with Crippen molar-refractivity contribution in [2.75, 3.05) is 19.0 Å². The fourth-order valence-corrected chi connectivity index (χ4v) is 0.957. The highest BCUT2D eigenvalue weighted by Crippen LogP contribution is 2.04. The van der Waals surface area contributed by atoms with Gasteiger partial charge in [-0.3, -0.25) is 4.98 Å². The average Bonchev–Trinajstić information content (AvgIpc) is 2.35. The van der Waals surface area contributed by atoms with E-state index in [9.17, 15) is 4.79 Å². The number of anilines is 1. The molecule has 0 bridgehead atoms. The number of aliphatic hydroxyl groups excluding tert-OH is 1. The number of carbonyl (C=O) groups excluding carboxylic acids is 1. The third kappa shape index (κ3) is 2.93. The summed E-state index contributed by atoms with van der Waals surface area (Å²) in [6, 6.07) is -0.567. The van der Waals surface area contributed by atoms with Crippen molar-refractivity contribution in [1.29, 1.82) is 0 Å². The van der Waals surface area contributed by atoms with E-state index in [1.165, 1.54) is 19.5 Å². The molecule has 6 heteroatoms. The Kier molecular flexibility index (Phi) is 4.24. The van der Waals surface area contributed by atoms with Crippen LogP contribution in [0.25, 0.3) is 0 Å². The standard InChI is InChI=1S/C10H11N3O3/c1-3-7(6-14)12-9-5-11-4-8(13-9)10(15)16-2/h1,4-5,7,14H,6H2,2H3,(H,12,13). The number of aliphatic hydroxyl groups is 1. The van der Waals surface area contributed by atoms with Gasteiger partial charge in [-0.05, 0) is 0 Å². The lowest BCUT2D eigenvalue weighted by molar-refractivity contribution is 0.0593. The van der Waals surface area contributed by atoms with Gasteiger partial charge >= 0.3 is 5.97 Å². The Balaban J connectivity index is 2.83. The zero-order valence-corrected chi connectivity index (χ0v) is 8.67. The number of hydrogen-bond donors (Lipinski definition) is 2. The van der Waals surface area contributed by atoms with Gasteiger partial charge in [0.2, 0.25) is 0 Å². The van der Waals surface area contributed by atoms with Crippen LogP contribution in [0.3, 0.4) is 0 Å².